The van der Waals surface area contributed by atoms with Crippen molar-refractivity contribution in [3.05, 3.63) is 147 Å². The average Bonchev–Trinajstić information content (AvgIpc) is 3.02. The van der Waals surface area contributed by atoms with Gasteiger partial charge in [0.15, 0.2) is 0 Å². The average molecular weight is 692 g/mol. The van der Waals surface area contributed by atoms with Crippen molar-refractivity contribution in [3.63, 3.8) is 0 Å². The summed E-state index contributed by atoms with van der Waals surface area (Å²) in [5.41, 5.74) is 9.55. The summed E-state index contributed by atoms with van der Waals surface area (Å²) in [6.45, 7) is 0. The van der Waals surface area contributed by atoms with Gasteiger partial charge in [-0.05, 0) is 77.9 Å². The molecule has 0 saturated carbocycles. The van der Waals surface area contributed by atoms with E-state index in [4.69, 9.17) is 21.6 Å². The van der Waals surface area contributed by atoms with Crippen LogP contribution in [0.5, 0.6) is 0 Å². The third kappa shape index (κ3) is 5.09. The van der Waals surface area contributed by atoms with E-state index in [1.807, 2.05) is 42.5 Å². The first kappa shape index (κ1) is 26.8. The SMILES string of the molecule is Clc1ccc(N=c2[nH]c3ccc(Br)cc3c(-c3ccccc3)c2-c2ccc3c(-c4ccccc4)c(Br)ccc3n2)cc1. The van der Waals surface area contributed by atoms with E-state index in [0.717, 1.165) is 75.4 Å². The summed E-state index contributed by atoms with van der Waals surface area (Å²) >= 11 is 13.7. The second kappa shape index (κ2) is 11.3. The lowest BCUT2D eigenvalue weighted by atomic mass is 9.93. The Labute approximate surface area is 264 Å². The van der Waals surface area contributed by atoms with Crippen LogP contribution in [0, 0.1) is 0 Å². The van der Waals surface area contributed by atoms with Crippen LogP contribution in [0.4, 0.5) is 5.69 Å². The van der Waals surface area contributed by atoms with Crippen molar-refractivity contribution in [2.45, 2.75) is 0 Å². The van der Waals surface area contributed by atoms with Crippen molar-refractivity contribution in [1.29, 1.82) is 0 Å². The number of pyridine rings is 2. The van der Waals surface area contributed by atoms with E-state index in [1.165, 1.54) is 0 Å². The molecule has 0 saturated heterocycles. The molecule has 3 nitrogen and oxygen atoms in total. The Bertz CT molecular complexity index is 2160. The Morgan fingerprint density at radius 3 is 2.02 bits per heavy atom. The predicted molar refractivity (Wildman–Crippen MR) is 182 cm³/mol. The highest BCUT2D eigenvalue weighted by atomic mass is 79.9. The highest BCUT2D eigenvalue weighted by Crippen LogP contribution is 2.39. The fourth-order valence-corrected chi connectivity index (χ4v) is 6.43. The monoisotopic (exact) mass is 689 g/mol. The highest BCUT2D eigenvalue weighted by Gasteiger charge is 2.18. The van der Waals surface area contributed by atoms with Gasteiger partial charge in [0.25, 0.3) is 0 Å². The molecule has 2 heterocycles. The maximum absolute atomic E-state index is 6.20. The first-order valence-corrected chi connectivity index (χ1v) is 15.4. The van der Waals surface area contributed by atoms with Crippen LogP contribution in [0.2, 0.25) is 5.02 Å². The number of nitrogens with one attached hydrogen (secondary N) is 1. The number of hydrogen-bond acceptors (Lipinski definition) is 2. The molecule has 0 aliphatic carbocycles. The van der Waals surface area contributed by atoms with Gasteiger partial charge in [-0.1, -0.05) is 104 Å². The van der Waals surface area contributed by atoms with E-state index in [0.29, 0.717) is 5.02 Å². The van der Waals surface area contributed by atoms with Gasteiger partial charge in [0.1, 0.15) is 5.49 Å². The Hall–Kier alpha value is -4.03. The second-order valence-electron chi connectivity index (χ2n) is 9.92. The van der Waals surface area contributed by atoms with Crippen LogP contribution in [0.1, 0.15) is 0 Å². The number of aromatic nitrogens is 2. The first-order chi connectivity index (χ1) is 20.5. The zero-order valence-electron chi connectivity index (χ0n) is 22.2. The zero-order valence-corrected chi connectivity index (χ0v) is 26.1. The van der Waals surface area contributed by atoms with Crippen LogP contribution < -0.4 is 5.49 Å². The molecule has 0 unspecified atom stereocenters. The van der Waals surface area contributed by atoms with Crippen LogP contribution in [0.3, 0.4) is 0 Å². The van der Waals surface area contributed by atoms with Crippen LogP contribution in [-0.4, -0.2) is 9.97 Å². The second-order valence-corrected chi connectivity index (χ2v) is 12.1. The number of nitrogens with zero attached hydrogens (tertiary/aromatic N) is 2. The lowest BCUT2D eigenvalue weighted by Crippen LogP contribution is -2.14. The fraction of sp³-hybridized carbons (Fsp3) is 0. The van der Waals surface area contributed by atoms with Crippen molar-refractivity contribution < 1.29 is 0 Å². The van der Waals surface area contributed by atoms with Gasteiger partial charge >= 0.3 is 0 Å². The molecule has 0 aliphatic heterocycles. The molecule has 0 radical (unpaired) electrons. The summed E-state index contributed by atoms with van der Waals surface area (Å²) in [7, 11) is 0. The molecule has 0 aliphatic rings. The van der Waals surface area contributed by atoms with Gasteiger partial charge in [0, 0.05) is 41.4 Å². The van der Waals surface area contributed by atoms with Gasteiger partial charge in [-0.15, -0.1) is 0 Å². The molecule has 6 heteroatoms. The third-order valence-electron chi connectivity index (χ3n) is 7.26. The van der Waals surface area contributed by atoms with Crippen LogP contribution >= 0.6 is 43.5 Å². The summed E-state index contributed by atoms with van der Waals surface area (Å²) in [5, 5.41) is 2.82. The van der Waals surface area contributed by atoms with Crippen molar-refractivity contribution in [2.24, 2.45) is 4.99 Å². The number of hydrogen-bond donors (Lipinski definition) is 1. The Morgan fingerprint density at radius 1 is 0.619 bits per heavy atom. The number of halogens is 3. The van der Waals surface area contributed by atoms with Crippen LogP contribution in [0.25, 0.3) is 55.3 Å². The van der Waals surface area contributed by atoms with E-state index >= 15 is 0 Å². The van der Waals surface area contributed by atoms with E-state index in [1.54, 1.807) is 0 Å². The molecule has 0 fully saturated rings. The lowest BCUT2D eigenvalue weighted by molar-refractivity contribution is 1.18. The smallest absolute Gasteiger partial charge is 0.141 e. The molecule has 7 rings (SSSR count). The van der Waals surface area contributed by atoms with Crippen LogP contribution in [-0.2, 0) is 0 Å². The Balaban J connectivity index is 1.58. The molecule has 2 aromatic heterocycles. The minimum absolute atomic E-state index is 0.670. The maximum Gasteiger partial charge on any atom is 0.141 e. The van der Waals surface area contributed by atoms with E-state index in [2.05, 4.69) is 122 Å². The topological polar surface area (TPSA) is 41.0 Å². The number of rotatable bonds is 4. The third-order valence-corrected chi connectivity index (χ3v) is 8.67. The summed E-state index contributed by atoms with van der Waals surface area (Å²) in [6.07, 6.45) is 0. The van der Waals surface area contributed by atoms with Gasteiger partial charge in [0.2, 0.25) is 0 Å². The van der Waals surface area contributed by atoms with Gasteiger partial charge in [-0.2, -0.15) is 0 Å². The van der Waals surface area contributed by atoms with E-state index < -0.39 is 0 Å². The molecule has 1 N–H and O–H groups in total. The molecule has 42 heavy (non-hydrogen) atoms. The summed E-state index contributed by atoms with van der Waals surface area (Å²) < 4.78 is 2.03. The number of benzene rings is 5. The Morgan fingerprint density at radius 2 is 1.31 bits per heavy atom. The van der Waals surface area contributed by atoms with Crippen LogP contribution in [0.15, 0.2) is 141 Å². The van der Waals surface area contributed by atoms with Gasteiger partial charge in [-0.25, -0.2) is 9.98 Å². The van der Waals surface area contributed by atoms with Gasteiger partial charge in [-0.3, -0.25) is 0 Å². The molecule has 0 atom stereocenters. The molecule has 0 spiro atoms. The van der Waals surface area contributed by atoms with Crippen molar-refractivity contribution in [2.75, 3.05) is 0 Å². The minimum atomic E-state index is 0.670. The quantitative estimate of drug-likeness (QED) is 0.196. The van der Waals surface area contributed by atoms with Gasteiger partial charge < -0.3 is 4.98 Å². The summed E-state index contributed by atoms with van der Waals surface area (Å²) in [6, 6.07) is 43.0. The number of H-pyrrole nitrogens is 1. The Kier molecular flexibility index (Phi) is 7.24. The standard InChI is InChI=1S/C36H22Br2ClN3/c37-24-11-18-31-28(21-24)34(23-9-5-2-6-10-23)35(36(42-31)40-26-14-12-25(39)13-15-26)32-19-16-27-30(41-32)20-17-29(38)33(27)22-7-3-1-4-8-22/h1-21H,(H,40,42). The molecule has 5 aromatic carbocycles. The summed E-state index contributed by atoms with van der Waals surface area (Å²) in [4.78, 5) is 14.0. The number of fused-ring (bicyclic) bond motifs is 2. The normalized spacial score (nSPS) is 11.8. The zero-order chi connectivity index (χ0) is 28.6. The molecule has 0 bridgehead atoms. The molecular formula is C36H22Br2ClN3. The first-order valence-electron chi connectivity index (χ1n) is 13.4. The van der Waals surface area contributed by atoms with E-state index in [9.17, 15) is 0 Å². The predicted octanol–water partition coefficient (Wildman–Crippen LogP) is 11.1. The molecule has 0 amide bonds. The fourth-order valence-electron chi connectivity index (χ4n) is 5.37. The largest absolute Gasteiger partial charge is 0.339 e. The maximum atomic E-state index is 6.20. The highest BCUT2D eigenvalue weighted by molar-refractivity contribution is 9.10. The molecular weight excluding hydrogens is 670 g/mol. The minimum Gasteiger partial charge on any atom is -0.339 e. The molecule has 7 aromatic rings. The van der Waals surface area contributed by atoms with Crippen molar-refractivity contribution >= 4 is 71.0 Å². The lowest BCUT2D eigenvalue weighted by Gasteiger charge is -2.16. The van der Waals surface area contributed by atoms with Crippen molar-refractivity contribution in [1.82, 2.24) is 9.97 Å². The van der Waals surface area contributed by atoms with E-state index in [-0.39, 0.29) is 0 Å². The van der Waals surface area contributed by atoms with Gasteiger partial charge in [0.05, 0.1) is 22.5 Å². The number of aromatic amines is 1. The van der Waals surface area contributed by atoms with Crippen molar-refractivity contribution in [3.8, 4) is 33.5 Å². The molecule has 202 valence electrons. The summed E-state index contributed by atoms with van der Waals surface area (Å²) in [5.74, 6) is 0.